The van der Waals surface area contributed by atoms with Gasteiger partial charge in [-0.05, 0) is 35.4 Å². The second-order valence-corrected chi connectivity index (χ2v) is 7.05. The van der Waals surface area contributed by atoms with Gasteiger partial charge in [-0.1, -0.05) is 32.0 Å². The molecule has 1 atom stereocenters. The van der Waals surface area contributed by atoms with Gasteiger partial charge in [0.1, 0.15) is 6.54 Å². The number of carbonyl (C=O) groups is 1. The fraction of sp³-hybridized carbons (Fsp3) is 0.579. The number of ether oxygens (including phenoxy) is 1. The zero-order valence-electron chi connectivity index (χ0n) is 16.3. The number of hydrogen-bond acceptors (Lipinski definition) is 7. The monoisotopic (exact) mass is 372 g/mol. The molecule has 0 spiro atoms. The summed E-state index contributed by atoms with van der Waals surface area (Å²) in [6.07, 6.45) is 0. The number of carbonyl (C=O) groups excluding carboxylic acids is 1. The predicted molar refractivity (Wildman–Crippen MR) is 102 cm³/mol. The van der Waals surface area contributed by atoms with Crippen LogP contribution in [0.4, 0.5) is 5.69 Å². The van der Waals surface area contributed by atoms with Crippen molar-refractivity contribution in [3.8, 4) is 0 Å². The topological polar surface area (TPSA) is 76.4 Å². The van der Waals surface area contributed by atoms with Crippen molar-refractivity contribution in [2.75, 3.05) is 37.7 Å². The van der Waals surface area contributed by atoms with Crippen LogP contribution in [0.3, 0.4) is 0 Å². The van der Waals surface area contributed by atoms with E-state index in [9.17, 15) is 4.79 Å². The van der Waals surface area contributed by atoms with Crippen molar-refractivity contribution in [1.82, 2.24) is 25.1 Å². The molecule has 0 radical (unpaired) electrons. The molecule has 27 heavy (non-hydrogen) atoms. The number of benzene rings is 1. The third-order valence-electron chi connectivity index (χ3n) is 4.87. The molecule has 146 valence electrons. The first-order valence-electron chi connectivity index (χ1n) is 9.56. The van der Waals surface area contributed by atoms with Gasteiger partial charge in [0.2, 0.25) is 0 Å². The van der Waals surface area contributed by atoms with E-state index in [0.717, 1.165) is 32.0 Å². The minimum atomic E-state index is -0.317. The van der Waals surface area contributed by atoms with Gasteiger partial charge in [0.25, 0.3) is 0 Å². The standard InChI is InChI=1S/C19H28N6O2/c1-4-27-17(26)14-25-19(20-21-22-25)18(15(2)3)24-12-10-23(11-13-24)16-8-6-5-7-9-16/h5-9,15,18H,4,10-14H2,1-3H3/t18-/m1/s1. The van der Waals surface area contributed by atoms with E-state index in [2.05, 4.69) is 63.4 Å². The molecule has 8 heteroatoms. The maximum absolute atomic E-state index is 11.9. The number of aromatic nitrogens is 4. The minimum absolute atomic E-state index is 0.0450. The minimum Gasteiger partial charge on any atom is -0.465 e. The number of hydrogen-bond donors (Lipinski definition) is 0. The number of rotatable bonds is 7. The molecule has 8 nitrogen and oxygen atoms in total. The first kappa shape index (κ1) is 19.3. The van der Waals surface area contributed by atoms with Crippen LogP contribution in [-0.2, 0) is 16.1 Å². The predicted octanol–water partition coefficient (Wildman–Crippen LogP) is 1.76. The molecule has 0 saturated carbocycles. The Morgan fingerprint density at radius 3 is 2.48 bits per heavy atom. The fourth-order valence-electron chi connectivity index (χ4n) is 3.65. The lowest BCUT2D eigenvalue weighted by Gasteiger charge is -2.41. The van der Waals surface area contributed by atoms with E-state index in [0.29, 0.717) is 12.5 Å². The molecule has 1 aliphatic rings. The van der Waals surface area contributed by atoms with Gasteiger partial charge in [0.05, 0.1) is 12.6 Å². The van der Waals surface area contributed by atoms with Gasteiger partial charge in [0, 0.05) is 31.9 Å². The van der Waals surface area contributed by atoms with Crippen molar-refractivity contribution < 1.29 is 9.53 Å². The number of tetrazole rings is 1. The lowest BCUT2D eigenvalue weighted by molar-refractivity contribution is -0.144. The molecule has 0 unspecified atom stereocenters. The molecule has 2 heterocycles. The molecule has 1 aromatic heterocycles. The summed E-state index contributed by atoms with van der Waals surface area (Å²) in [6.45, 7) is 10.3. The Kier molecular flexibility index (Phi) is 6.39. The molecular weight excluding hydrogens is 344 g/mol. The maximum atomic E-state index is 11.9. The largest absolute Gasteiger partial charge is 0.465 e. The summed E-state index contributed by atoms with van der Waals surface area (Å²) in [7, 11) is 0. The average molecular weight is 372 g/mol. The SMILES string of the molecule is CCOC(=O)Cn1nnnc1[C@@H](C(C)C)N1CCN(c2ccccc2)CC1. The zero-order valence-corrected chi connectivity index (χ0v) is 16.3. The number of nitrogens with zero attached hydrogens (tertiary/aromatic N) is 6. The Labute approximate surface area is 160 Å². The number of anilines is 1. The fourth-order valence-corrected chi connectivity index (χ4v) is 3.65. The smallest absolute Gasteiger partial charge is 0.327 e. The normalized spacial score (nSPS) is 16.5. The van der Waals surface area contributed by atoms with Crippen molar-refractivity contribution >= 4 is 11.7 Å². The van der Waals surface area contributed by atoms with Crippen LogP contribution >= 0.6 is 0 Å². The summed E-state index contributed by atoms with van der Waals surface area (Å²) >= 11 is 0. The third-order valence-corrected chi connectivity index (χ3v) is 4.87. The molecular formula is C19H28N6O2. The molecule has 3 rings (SSSR count). The summed E-state index contributed by atoms with van der Waals surface area (Å²) < 4.78 is 6.62. The van der Waals surface area contributed by atoms with E-state index in [1.807, 2.05) is 6.07 Å². The van der Waals surface area contributed by atoms with Gasteiger partial charge >= 0.3 is 5.97 Å². The summed E-state index contributed by atoms with van der Waals surface area (Å²) in [5.74, 6) is 0.730. The first-order chi connectivity index (χ1) is 13.1. The van der Waals surface area contributed by atoms with Crippen LogP contribution in [0, 0.1) is 5.92 Å². The van der Waals surface area contributed by atoms with E-state index in [1.165, 1.54) is 5.69 Å². The van der Waals surface area contributed by atoms with E-state index in [1.54, 1.807) is 11.6 Å². The van der Waals surface area contributed by atoms with E-state index in [-0.39, 0.29) is 18.6 Å². The molecule has 0 amide bonds. The van der Waals surface area contributed by atoms with Crippen molar-refractivity contribution in [2.24, 2.45) is 5.92 Å². The number of para-hydroxylation sites is 1. The molecule has 0 bridgehead atoms. The highest BCUT2D eigenvalue weighted by Crippen LogP contribution is 2.28. The van der Waals surface area contributed by atoms with Crippen LogP contribution in [0.25, 0.3) is 0 Å². The van der Waals surface area contributed by atoms with Crippen LogP contribution in [-0.4, -0.2) is 63.9 Å². The van der Waals surface area contributed by atoms with Gasteiger partial charge < -0.3 is 9.64 Å². The van der Waals surface area contributed by atoms with Gasteiger partial charge in [-0.15, -0.1) is 5.10 Å². The van der Waals surface area contributed by atoms with E-state index < -0.39 is 0 Å². The Bertz CT molecular complexity index is 725. The first-order valence-corrected chi connectivity index (χ1v) is 9.56. The lowest BCUT2D eigenvalue weighted by Crippen LogP contribution is -2.49. The molecule has 1 saturated heterocycles. The number of piperazine rings is 1. The van der Waals surface area contributed by atoms with E-state index in [4.69, 9.17) is 4.74 Å². The van der Waals surface area contributed by atoms with Gasteiger partial charge in [-0.25, -0.2) is 4.68 Å². The Balaban J connectivity index is 1.70. The average Bonchev–Trinajstić information content (AvgIpc) is 3.10. The molecule has 1 aliphatic heterocycles. The van der Waals surface area contributed by atoms with Crippen molar-refractivity contribution in [1.29, 1.82) is 0 Å². The van der Waals surface area contributed by atoms with Crippen molar-refractivity contribution in [3.63, 3.8) is 0 Å². The summed E-state index contributed by atoms with van der Waals surface area (Å²) in [4.78, 5) is 16.7. The Hall–Kier alpha value is -2.48. The van der Waals surface area contributed by atoms with Crippen LogP contribution in [0.1, 0.15) is 32.6 Å². The lowest BCUT2D eigenvalue weighted by atomic mass is 10.0. The van der Waals surface area contributed by atoms with Crippen LogP contribution in [0.2, 0.25) is 0 Å². The molecule has 0 N–H and O–H groups in total. The van der Waals surface area contributed by atoms with Gasteiger partial charge in [-0.2, -0.15) is 0 Å². The summed E-state index contributed by atoms with van der Waals surface area (Å²) in [5, 5.41) is 12.1. The highest BCUT2D eigenvalue weighted by Gasteiger charge is 2.32. The molecule has 1 fully saturated rings. The van der Waals surface area contributed by atoms with Crippen LogP contribution in [0.15, 0.2) is 30.3 Å². The third kappa shape index (κ3) is 4.63. The molecule has 0 aliphatic carbocycles. The molecule has 1 aromatic carbocycles. The second kappa shape index (κ2) is 8.94. The Morgan fingerprint density at radius 1 is 1.15 bits per heavy atom. The van der Waals surface area contributed by atoms with Crippen LogP contribution < -0.4 is 4.90 Å². The zero-order chi connectivity index (χ0) is 19.2. The summed E-state index contributed by atoms with van der Waals surface area (Å²) in [6, 6.07) is 10.5. The number of esters is 1. The quantitative estimate of drug-likeness (QED) is 0.685. The highest BCUT2D eigenvalue weighted by molar-refractivity contribution is 5.69. The van der Waals surface area contributed by atoms with E-state index >= 15 is 0 Å². The van der Waals surface area contributed by atoms with Crippen molar-refractivity contribution in [3.05, 3.63) is 36.2 Å². The van der Waals surface area contributed by atoms with Crippen LogP contribution in [0.5, 0.6) is 0 Å². The maximum Gasteiger partial charge on any atom is 0.327 e. The second-order valence-electron chi connectivity index (χ2n) is 7.05. The van der Waals surface area contributed by atoms with Gasteiger partial charge in [0.15, 0.2) is 5.82 Å². The molecule has 2 aromatic rings. The summed E-state index contributed by atoms with van der Waals surface area (Å²) in [5.41, 5.74) is 1.25. The van der Waals surface area contributed by atoms with Crippen molar-refractivity contribution in [2.45, 2.75) is 33.4 Å². The highest BCUT2D eigenvalue weighted by atomic mass is 16.5. The van der Waals surface area contributed by atoms with Gasteiger partial charge in [-0.3, -0.25) is 9.69 Å². The Morgan fingerprint density at radius 2 is 1.85 bits per heavy atom.